The molecule has 3 nitrogen and oxygen atoms in total. The zero-order chi connectivity index (χ0) is 9.42. The van der Waals surface area contributed by atoms with Crippen LogP contribution in [0.3, 0.4) is 0 Å². The average Bonchev–Trinajstić information content (AvgIpc) is 2.81. The van der Waals surface area contributed by atoms with Crippen LogP contribution in [0.15, 0.2) is 12.4 Å². The summed E-state index contributed by atoms with van der Waals surface area (Å²) in [6, 6.07) is 0.375. The second-order valence-electron chi connectivity index (χ2n) is 4.13. The van der Waals surface area contributed by atoms with Crippen molar-refractivity contribution in [1.82, 2.24) is 9.78 Å². The Hall–Kier alpha value is -0.830. The van der Waals surface area contributed by atoms with E-state index in [0.717, 1.165) is 18.4 Å². The van der Waals surface area contributed by atoms with Gasteiger partial charge in [0.1, 0.15) is 0 Å². The van der Waals surface area contributed by atoms with E-state index < -0.39 is 0 Å². The molecule has 1 N–H and O–H groups in total. The molecule has 0 amide bonds. The molecule has 1 unspecified atom stereocenters. The van der Waals surface area contributed by atoms with E-state index in [9.17, 15) is 5.11 Å². The van der Waals surface area contributed by atoms with Crippen LogP contribution in [0.5, 0.6) is 0 Å². The fraction of sp³-hybridized carbons (Fsp3) is 0.700. The van der Waals surface area contributed by atoms with Gasteiger partial charge in [-0.15, -0.1) is 0 Å². The van der Waals surface area contributed by atoms with Crippen LogP contribution in [0.25, 0.3) is 0 Å². The van der Waals surface area contributed by atoms with Gasteiger partial charge >= 0.3 is 0 Å². The molecule has 1 aromatic heterocycles. The Morgan fingerprint density at radius 2 is 2.23 bits per heavy atom. The normalized spacial score (nSPS) is 19.4. The number of aliphatic hydroxyl groups is 1. The van der Waals surface area contributed by atoms with E-state index in [-0.39, 0.29) is 6.10 Å². The predicted molar refractivity (Wildman–Crippen MR) is 50.3 cm³/mol. The second kappa shape index (κ2) is 3.14. The van der Waals surface area contributed by atoms with Crippen molar-refractivity contribution >= 4 is 0 Å². The molecule has 0 aliphatic heterocycles. The van der Waals surface area contributed by atoms with Gasteiger partial charge < -0.3 is 5.11 Å². The highest BCUT2D eigenvalue weighted by Crippen LogP contribution is 2.40. The molecule has 1 aliphatic carbocycles. The van der Waals surface area contributed by atoms with Crippen molar-refractivity contribution in [3.8, 4) is 0 Å². The quantitative estimate of drug-likeness (QED) is 0.771. The van der Waals surface area contributed by atoms with Crippen LogP contribution in [0.2, 0.25) is 0 Å². The fourth-order valence-electron chi connectivity index (χ4n) is 1.47. The van der Waals surface area contributed by atoms with Crippen LogP contribution in [0.1, 0.15) is 44.4 Å². The molecule has 1 aromatic rings. The number of hydrogen-bond acceptors (Lipinski definition) is 2. The highest BCUT2D eigenvalue weighted by molar-refractivity contribution is 5.11. The third kappa shape index (κ3) is 1.75. The van der Waals surface area contributed by atoms with E-state index >= 15 is 0 Å². The van der Waals surface area contributed by atoms with Gasteiger partial charge in [0.2, 0.25) is 0 Å². The monoisotopic (exact) mass is 180 g/mol. The molecule has 0 aromatic carbocycles. The smallest absolute Gasteiger partial charge is 0.0848 e. The summed E-state index contributed by atoms with van der Waals surface area (Å²) in [6.07, 6.45) is 5.77. The van der Waals surface area contributed by atoms with Crippen LogP contribution in [-0.2, 0) is 0 Å². The van der Waals surface area contributed by atoms with Crippen molar-refractivity contribution in [3.05, 3.63) is 18.0 Å². The highest BCUT2D eigenvalue weighted by Gasteiger charge is 2.31. The summed E-state index contributed by atoms with van der Waals surface area (Å²) < 4.78 is 1.89. The van der Waals surface area contributed by atoms with Gasteiger partial charge in [-0.05, 0) is 32.6 Å². The molecule has 13 heavy (non-hydrogen) atoms. The van der Waals surface area contributed by atoms with Gasteiger partial charge in [0.25, 0.3) is 0 Å². The number of aromatic nitrogens is 2. The molecule has 3 heteroatoms. The molecule has 0 saturated heterocycles. The van der Waals surface area contributed by atoms with E-state index in [0.29, 0.717) is 12.0 Å². The van der Waals surface area contributed by atoms with Crippen molar-refractivity contribution in [2.24, 2.45) is 5.92 Å². The molecule has 1 atom stereocenters. The third-order valence-corrected chi connectivity index (χ3v) is 2.56. The summed E-state index contributed by atoms with van der Waals surface area (Å²) in [5.74, 6) is 0.491. The highest BCUT2D eigenvalue weighted by atomic mass is 16.3. The summed E-state index contributed by atoms with van der Waals surface area (Å²) in [5.41, 5.74) is 0.969. The Morgan fingerprint density at radius 1 is 1.54 bits per heavy atom. The Morgan fingerprint density at radius 3 is 2.69 bits per heavy atom. The van der Waals surface area contributed by atoms with Gasteiger partial charge in [-0.2, -0.15) is 5.10 Å². The molecular formula is C10H16N2O. The first-order valence-corrected chi connectivity index (χ1v) is 4.90. The lowest BCUT2D eigenvalue weighted by molar-refractivity contribution is 0.153. The number of nitrogens with zero attached hydrogens (tertiary/aromatic N) is 2. The van der Waals surface area contributed by atoms with Crippen LogP contribution < -0.4 is 0 Å². The minimum atomic E-state index is -0.285. The van der Waals surface area contributed by atoms with Crippen molar-refractivity contribution < 1.29 is 5.11 Å². The maximum Gasteiger partial charge on any atom is 0.0848 e. The van der Waals surface area contributed by atoms with Gasteiger partial charge in [0.15, 0.2) is 0 Å². The lowest BCUT2D eigenvalue weighted by Crippen LogP contribution is -2.01. The Bertz CT molecular complexity index is 289. The Kier molecular flexibility index (Phi) is 2.12. The molecule has 72 valence electrons. The first kappa shape index (κ1) is 8.75. The zero-order valence-corrected chi connectivity index (χ0v) is 8.14. The van der Waals surface area contributed by atoms with E-state index in [1.807, 2.05) is 10.9 Å². The van der Waals surface area contributed by atoms with Gasteiger partial charge in [-0.3, -0.25) is 4.68 Å². The van der Waals surface area contributed by atoms with Crippen LogP contribution >= 0.6 is 0 Å². The summed E-state index contributed by atoms with van der Waals surface area (Å²) in [6.45, 7) is 4.17. The van der Waals surface area contributed by atoms with E-state index in [2.05, 4.69) is 18.9 Å². The summed E-state index contributed by atoms with van der Waals surface area (Å²) >= 11 is 0. The van der Waals surface area contributed by atoms with Crippen molar-refractivity contribution in [2.45, 2.75) is 38.8 Å². The van der Waals surface area contributed by atoms with E-state index in [1.165, 1.54) is 0 Å². The van der Waals surface area contributed by atoms with Gasteiger partial charge in [0.05, 0.1) is 12.3 Å². The zero-order valence-electron chi connectivity index (χ0n) is 8.14. The Balaban J connectivity index is 2.11. The predicted octanol–water partition coefficient (Wildman–Crippen LogP) is 1.91. The molecule has 1 saturated carbocycles. The molecule has 0 bridgehead atoms. The Labute approximate surface area is 78.4 Å². The van der Waals surface area contributed by atoms with Crippen molar-refractivity contribution in [3.63, 3.8) is 0 Å². The standard InChI is InChI=1S/C10H16N2O/c1-7(2)12-6-9(5-11-12)10(13)8-3-4-8/h5-8,10,13H,3-4H2,1-2H3. The minimum Gasteiger partial charge on any atom is -0.388 e. The average molecular weight is 180 g/mol. The van der Waals surface area contributed by atoms with Crippen molar-refractivity contribution in [2.75, 3.05) is 0 Å². The van der Waals surface area contributed by atoms with Gasteiger partial charge in [-0.1, -0.05) is 0 Å². The maximum atomic E-state index is 9.80. The molecule has 0 radical (unpaired) electrons. The second-order valence-corrected chi connectivity index (χ2v) is 4.13. The lowest BCUT2D eigenvalue weighted by Gasteiger charge is -2.06. The summed E-state index contributed by atoms with van der Waals surface area (Å²) in [7, 11) is 0. The SMILES string of the molecule is CC(C)n1cc(C(O)C2CC2)cn1. The first-order chi connectivity index (χ1) is 6.18. The van der Waals surface area contributed by atoms with Crippen LogP contribution in [0, 0.1) is 5.92 Å². The number of aliphatic hydroxyl groups excluding tert-OH is 1. The van der Waals surface area contributed by atoms with Gasteiger partial charge in [0, 0.05) is 17.8 Å². The number of hydrogen-bond donors (Lipinski definition) is 1. The topological polar surface area (TPSA) is 38.0 Å². The fourth-order valence-corrected chi connectivity index (χ4v) is 1.47. The van der Waals surface area contributed by atoms with Crippen LogP contribution in [-0.4, -0.2) is 14.9 Å². The van der Waals surface area contributed by atoms with Crippen molar-refractivity contribution in [1.29, 1.82) is 0 Å². The van der Waals surface area contributed by atoms with E-state index in [1.54, 1.807) is 6.20 Å². The van der Waals surface area contributed by atoms with Crippen LogP contribution in [0.4, 0.5) is 0 Å². The van der Waals surface area contributed by atoms with E-state index in [4.69, 9.17) is 0 Å². The molecule has 2 rings (SSSR count). The summed E-state index contributed by atoms with van der Waals surface area (Å²) in [4.78, 5) is 0. The molecule has 1 fully saturated rings. The largest absolute Gasteiger partial charge is 0.388 e. The molecule has 1 heterocycles. The van der Waals surface area contributed by atoms with Gasteiger partial charge in [-0.25, -0.2) is 0 Å². The first-order valence-electron chi connectivity index (χ1n) is 4.90. The number of rotatable bonds is 3. The maximum absolute atomic E-state index is 9.80. The third-order valence-electron chi connectivity index (χ3n) is 2.56. The molecular weight excluding hydrogens is 164 g/mol. The molecule has 0 spiro atoms. The summed E-state index contributed by atoms with van der Waals surface area (Å²) in [5, 5.41) is 14.0. The molecule has 1 aliphatic rings. The lowest BCUT2D eigenvalue weighted by atomic mass is 10.1. The minimum absolute atomic E-state index is 0.285.